The summed E-state index contributed by atoms with van der Waals surface area (Å²) in [6.45, 7) is 1.97. The van der Waals surface area contributed by atoms with E-state index in [4.69, 9.17) is 4.74 Å². The minimum absolute atomic E-state index is 0.0827. The van der Waals surface area contributed by atoms with Crippen molar-refractivity contribution in [2.45, 2.75) is 31.9 Å². The largest absolute Gasteiger partial charge is 0.469 e. The van der Waals surface area contributed by atoms with Crippen LogP contribution in [0.15, 0.2) is 18.3 Å². The van der Waals surface area contributed by atoms with Crippen LogP contribution in [-0.2, 0) is 26.1 Å². The Kier molecular flexibility index (Phi) is 4.34. The molecule has 0 N–H and O–H groups in total. The minimum Gasteiger partial charge on any atom is -0.469 e. The number of esters is 1. The van der Waals surface area contributed by atoms with Gasteiger partial charge in [0.15, 0.2) is 0 Å². The van der Waals surface area contributed by atoms with Crippen LogP contribution in [0, 0.1) is 12.3 Å². The van der Waals surface area contributed by atoms with Crippen molar-refractivity contribution in [3.63, 3.8) is 0 Å². The van der Waals surface area contributed by atoms with Crippen molar-refractivity contribution in [1.29, 1.82) is 0 Å². The van der Waals surface area contributed by atoms with Crippen LogP contribution >= 0.6 is 0 Å². The molecule has 0 saturated heterocycles. The average Bonchev–Trinajstić information content (AvgIpc) is 3.11. The Morgan fingerprint density at radius 3 is 2.84 bits per heavy atom. The zero-order valence-electron chi connectivity index (χ0n) is 11.3. The maximum atomic E-state index is 12.2. The van der Waals surface area contributed by atoms with Crippen LogP contribution in [0.4, 0.5) is 0 Å². The molecule has 0 amide bonds. The molecule has 5 heteroatoms. The molecule has 19 heavy (non-hydrogen) atoms. The van der Waals surface area contributed by atoms with Crippen LogP contribution in [0.2, 0.25) is 0 Å². The van der Waals surface area contributed by atoms with Gasteiger partial charge in [-0.25, -0.2) is 0 Å². The summed E-state index contributed by atoms with van der Waals surface area (Å²) in [7, 11) is 0.419. The molecule has 1 unspecified atom stereocenters. The van der Waals surface area contributed by atoms with Gasteiger partial charge in [0.25, 0.3) is 0 Å². The third-order valence-electron chi connectivity index (χ3n) is 3.59. The molecule has 1 aliphatic rings. The van der Waals surface area contributed by atoms with Crippen LogP contribution in [-0.4, -0.2) is 28.0 Å². The van der Waals surface area contributed by atoms with Gasteiger partial charge < -0.3 is 4.74 Å². The summed E-state index contributed by atoms with van der Waals surface area (Å²) in [5, 5.41) is 0. The van der Waals surface area contributed by atoms with Gasteiger partial charge >= 0.3 is 5.97 Å². The van der Waals surface area contributed by atoms with Crippen molar-refractivity contribution in [3.05, 3.63) is 29.6 Å². The van der Waals surface area contributed by atoms with E-state index >= 15 is 0 Å². The van der Waals surface area contributed by atoms with E-state index in [9.17, 15) is 9.00 Å². The third-order valence-corrected chi connectivity index (χ3v) is 5.12. The zero-order chi connectivity index (χ0) is 13.9. The second-order valence-corrected chi connectivity index (χ2v) is 6.71. The van der Waals surface area contributed by atoms with Gasteiger partial charge in [0.05, 0.1) is 25.0 Å². The van der Waals surface area contributed by atoms with Gasteiger partial charge in [0, 0.05) is 22.7 Å². The summed E-state index contributed by atoms with van der Waals surface area (Å²) in [6.07, 6.45) is 4.04. The van der Waals surface area contributed by atoms with Gasteiger partial charge in [-0.15, -0.1) is 0 Å². The number of ether oxygens (including phenoxy) is 1. The highest BCUT2D eigenvalue weighted by Crippen LogP contribution is 2.49. The van der Waals surface area contributed by atoms with E-state index in [0.29, 0.717) is 17.9 Å². The molecular formula is C14H19NO3S. The second-order valence-electron chi connectivity index (χ2n) is 5.25. The normalized spacial score (nSPS) is 17.8. The quantitative estimate of drug-likeness (QED) is 0.748. The third kappa shape index (κ3) is 3.86. The first kappa shape index (κ1) is 14.2. The molecule has 1 aromatic heterocycles. The minimum atomic E-state index is -0.977. The van der Waals surface area contributed by atoms with Gasteiger partial charge in [0.1, 0.15) is 0 Å². The lowest BCUT2D eigenvalue weighted by atomic mass is 10.1. The fraction of sp³-hybridized carbons (Fsp3) is 0.571. The van der Waals surface area contributed by atoms with Crippen LogP contribution in [0.25, 0.3) is 0 Å². The molecule has 1 aliphatic carbocycles. The maximum Gasteiger partial charge on any atom is 0.306 e. The predicted octanol–water partition coefficient (Wildman–Crippen LogP) is 1.98. The predicted molar refractivity (Wildman–Crippen MR) is 74.0 cm³/mol. The Hall–Kier alpha value is -1.23. The maximum absolute atomic E-state index is 12.2. The summed E-state index contributed by atoms with van der Waals surface area (Å²) in [5.41, 5.74) is 1.86. The lowest BCUT2D eigenvalue weighted by Gasteiger charge is -2.13. The smallest absolute Gasteiger partial charge is 0.306 e. The van der Waals surface area contributed by atoms with E-state index in [2.05, 4.69) is 4.98 Å². The van der Waals surface area contributed by atoms with E-state index < -0.39 is 10.8 Å². The summed E-state index contributed by atoms with van der Waals surface area (Å²) in [4.78, 5) is 15.6. The first-order chi connectivity index (χ1) is 9.04. The number of carbonyl (C=O) groups excluding carboxylic acids is 1. The van der Waals surface area contributed by atoms with E-state index in [1.807, 2.05) is 19.1 Å². The van der Waals surface area contributed by atoms with Crippen molar-refractivity contribution < 1.29 is 13.7 Å². The molecule has 104 valence electrons. The molecule has 1 aromatic rings. The second kappa shape index (κ2) is 5.82. The average molecular weight is 281 g/mol. The lowest BCUT2D eigenvalue weighted by molar-refractivity contribution is -0.141. The van der Waals surface area contributed by atoms with Crippen molar-refractivity contribution in [1.82, 2.24) is 4.98 Å². The van der Waals surface area contributed by atoms with Gasteiger partial charge in [-0.2, -0.15) is 0 Å². The van der Waals surface area contributed by atoms with Gasteiger partial charge in [-0.05, 0) is 36.8 Å². The molecule has 0 spiro atoms. The lowest BCUT2D eigenvalue weighted by Crippen LogP contribution is -2.19. The van der Waals surface area contributed by atoms with Gasteiger partial charge in [-0.3, -0.25) is 14.0 Å². The summed E-state index contributed by atoms with van der Waals surface area (Å²) in [6, 6.07) is 3.85. The first-order valence-corrected chi connectivity index (χ1v) is 7.86. The molecule has 0 bridgehead atoms. The van der Waals surface area contributed by atoms with E-state index in [0.717, 1.165) is 24.1 Å². The highest BCUT2D eigenvalue weighted by atomic mass is 32.2. The Balaban J connectivity index is 1.92. The van der Waals surface area contributed by atoms with E-state index in [-0.39, 0.29) is 11.4 Å². The molecule has 1 atom stereocenters. The van der Waals surface area contributed by atoms with Crippen LogP contribution < -0.4 is 0 Å². The Labute approximate surface area is 116 Å². The monoisotopic (exact) mass is 281 g/mol. The standard InChI is InChI=1S/C14H19NO3S/c1-11-4-3-7-15-12(11)9-19(17)10-14(5-6-14)8-13(16)18-2/h3-4,7H,5-6,8-10H2,1-2H3. The number of aromatic nitrogens is 1. The number of pyridine rings is 1. The number of hydrogen-bond acceptors (Lipinski definition) is 4. The van der Waals surface area contributed by atoms with Crippen molar-refractivity contribution in [2.24, 2.45) is 5.41 Å². The van der Waals surface area contributed by atoms with Crippen LogP contribution in [0.1, 0.15) is 30.5 Å². The molecule has 0 aliphatic heterocycles. The molecule has 0 radical (unpaired) electrons. The van der Waals surface area contributed by atoms with Crippen molar-refractivity contribution in [2.75, 3.05) is 12.9 Å². The highest BCUT2D eigenvalue weighted by Gasteiger charge is 2.45. The van der Waals surface area contributed by atoms with Gasteiger partial charge in [0.2, 0.25) is 0 Å². The van der Waals surface area contributed by atoms with E-state index in [1.54, 1.807) is 6.20 Å². The number of rotatable bonds is 6. The molecule has 1 saturated carbocycles. The summed E-state index contributed by atoms with van der Waals surface area (Å²) in [5.74, 6) is 0.830. The zero-order valence-corrected chi connectivity index (χ0v) is 12.2. The van der Waals surface area contributed by atoms with Crippen LogP contribution in [0.5, 0.6) is 0 Å². The Bertz CT molecular complexity index is 497. The number of hydrogen-bond donors (Lipinski definition) is 0. The Morgan fingerprint density at radius 1 is 1.53 bits per heavy atom. The number of aryl methyl sites for hydroxylation is 1. The molecule has 1 heterocycles. The summed E-state index contributed by atoms with van der Waals surface area (Å²) >= 11 is 0. The first-order valence-electron chi connectivity index (χ1n) is 6.37. The van der Waals surface area contributed by atoms with Crippen LogP contribution in [0.3, 0.4) is 0 Å². The van der Waals surface area contributed by atoms with E-state index in [1.165, 1.54) is 7.11 Å². The fourth-order valence-electron chi connectivity index (χ4n) is 2.14. The number of methoxy groups -OCH3 is 1. The SMILES string of the molecule is COC(=O)CC1(CS(=O)Cc2ncccc2C)CC1. The fourth-order valence-corrected chi connectivity index (χ4v) is 3.92. The van der Waals surface area contributed by atoms with Gasteiger partial charge in [-0.1, -0.05) is 6.07 Å². The Morgan fingerprint density at radius 2 is 2.26 bits per heavy atom. The number of carbonyl (C=O) groups is 1. The topological polar surface area (TPSA) is 56.3 Å². The molecule has 1 fully saturated rings. The molecular weight excluding hydrogens is 262 g/mol. The highest BCUT2D eigenvalue weighted by molar-refractivity contribution is 7.84. The van der Waals surface area contributed by atoms with Crippen molar-refractivity contribution >= 4 is 16.8 Å². The molecule has 2 rings (SSSR count). The molecule has 0 aromatic carbocycles. The summed E-state index contributed by atoms with van der Waals surface area (Å²) < 4.78 is 16.9. The van der Waals surface area contributed by atoms with Crippen molar-refractivity contribution in [3.8, 4) is 0 Å². The number of nitrogens with zero attached hydrogens (tertiary/aromatic N) is 1. The molecule has 4 nitrogen and oxygen atoms in total.